The van der Waals surface area contributed by atoms with Crippen molar-refractivity contribution >= 4 is 28.4 Å². The predicted molar refractivity (Wildman–Crippen MR) is 82.6 cm³/mol. The lowest BCUT2D eigenvalue weighted by Crippen LogP contribution is -2.14. The molecule has 7 heteroatoms. The van der Waals surface area contributed by atoms with Crippen LogP contribution >= 0.6 is 0 Å². The van der Waals surface area contributed by atoms with Crippen molar-refractivity contribution in [2.75, 3.05) is 5.32 Å². The van der Waals surface area contributed by atoms with Gasteiger partial charge in [0.15, 0.2) is 0 Å². The molecular weight excluding hydrogens is 297 g/mol. The smallest absolute Gasteiger partial charge is 0.274 e. The molecule has 0 aliphatic carbocycles. The van der Waals surface area contributed by atoms with E-state index < -0.39 is 11.9 Å². The molecule has 0 bridgehead atoms. The highest BCUT2D eigenvalue weighted by atomic mass is 19.1. The van der Waals surface area contributed by atoms with Gasteiger partial charge in [0.2, 0.25) is 11.7 Å². The lowest BCUT2D eigenvalue weighted by Gasteiger charge is -2.04. The first kappa shape index (κ1) is 13.3. The van der Waals surface area contributed by atoms with Crippen molar-refractivity contribution in [3.05, 3.63) is 66.5 Å². The molecule has 112 valence electrons. The number of hydrogen-bond acceptors (Lipinski definition) is 4. The summed E-state index contributed by atoms with van der Waals surface area (Å²) >= 11 is 0. The van der Waals surface area contributed by atoms with Crippen LogP contribution in [0.4, 0.5) is 10.1 Å². The topological polar surface area (TPSA) is 72.2 Å². The van der Waals surface area contributed by atoms with Gasteiger partial charge in [-0.05, 0) is 30.3 Å². The predicted octanol–water partition coefficient (Wildman–Crippen LogP) is 2.67. The maximum atomic E-state index is 12.8. The highest BCUT2D eigenvalue weighted by Crippen LogP contribution is 2.15. The SMILES string of the molecule is O=C(Nc1ccc(F)nc1)c1ccn2c(n1)nc1ccccc12. The van der Waals surface area contributed by atoms with Gasteiger partial charge >= 0.3 is 0 Å². The van der Waals surface area contributed by atoms with E-state index in [1.165, 1.54) is 18.3 Å². The molecule has 0 saturated heterocycles. The van der Waals surface area contributed by atoms with Gasteiger partial charge in [-0.2, -0.15) is 4.39 Å². The molecule has 0 spiro atoms. The van der Waals surface area contributed by atoms with E-state index in [0.717, 1.165) is 11.0 Å². The normalized spacial score (nSPS) is 11.0. The number of carbonyl (C=O) groups excluding carboxylic acids is 1. The third kappa shape index (κ3) is 2.38. The number of nitrogens with zero attached hydrogens (tertiary/aromatic N) is 4. The first-order chi connectivity index (χ1) is 11.2. The minimum atomic E-state index is -0.605. The Kier molecular flexibility index (Phi) is 2.97. The fourth-order valence-corrected chi connectivity index (χ4v) is 2.32. The molecule has 0 unspecified atom stereocenters. The first-order valence-corrected chi connectivity index (χ1v) is 6.87. The highest BCUT2D eigenvalue weighted by Gasteiger charge is 2.11. The number of benzene rings is 1. The van der Waals surface area contributed by atoms with Crippen LogP contribution in [0.3, 0.4) is 0 Å². The van der Waals surface area contributed by atoms with E-state index in [2.05, 4.69) is 20.3 Å². The summed E-state index contributed by atoms with van der Waals surface area (Å²) < 4.78 is 14.6. The zero-order valence-corrected chi connectivity index (χ0v) is 11.8. The van der Waals surface area contributed by atoms with Gasteiger partial charge in [0.25, 0.3) is 5.91 Å². The van der Waals surface area contributed by atoms with E-state index in [0.29, 0.717) is 11.5 Å². The number of para-hydroxylation sites is 2. The second-order valence-electron chi connectivity index (χ2n) is 4.91. The number of halogens is 1. The van der Waals surface area contributed by atoms with Gasteiger partial charge in [-0.1, -0.05) is 12.1 Å². The van der Waals surface area contributed by atoms with Gasteiger partial charge < -0.3 is 5.32 Å². The van der Waals surface area contributed by atoms with E-state index in [1.54, 1.807) is 12.3 Å². The summed E-state index contributed by atoms with van der Waals surface area (Å²) in [6.45, 7) is 0. The van der Waals surface area contributed by atoms with Gasteiger partial charge in [-0.15, -0.1) is 0 Å². The van der Waals surface area contributed by atoms with E-state index >= 15 is 0 Å². The van der Waals surface area contributed by atoms with Gasteiger partial charge in [0.05, 0.1) is 22.9 Å². The summed E-state index contributed by atoms with van der Waals surface area (Å²) in [6, 6.07) is 11.8. The molecule has 1 amide bonds. The molecular formula is C16H10FN5O. The van der Waals surface area contributed by atoms with Crippen LogP contribution in [0.1, 0.15) is 10.5 Å². The largest absolute Gasteiger partial charge is 0.319 e. The second-order valence-corrected chi connectivity index (χ2v) is 4.91. The maximum Gasteiger partial charge on any atom is 0.274 e. The van der Waals surface area contributed by atoms with Crippen molar-refractivity contribution in [1.82, 2.24) is 19.4 Å². The molecule has 0 aliphatic rings. The Morgan fingerprint density at radius 3 is 2.78 bits per heavy atom. The number of hydrogen-bond donors (Lipinski definition) is 1. The molecule has 3 aromatic heterocycles. The summed E-state index contributed by atoms with van der Waals surface area (Å²) in [5.74, 6) is -0.573. The van der Waals surface area contributed by atoms with Crippen LogP contribution in [0.15, 0.2) is 54.9 Å². The fraction of sp³-hybridized carbons (Fsp3) is 0. The second kappa shape index (κ2) is 5.13. The number of imidazole rings is 1. The van der Waals surface area contributed by atoms with Crippen molar-refractivity contribution in [2.45, 2.75) is 0 Å². The summed E-state index contributed by atoms with van der Waals surface area (Å²) in [4.78, 5) is 24.4. The van der Waals surface area contributed by atoms with Crippen LogP contribution < -0.4 is 5.32 Å². The van der Waals surface area contributed by atoms with Crippen molar-refractivity contribution in [1.29, 1.82) is 0 Å². The number of anilines is 1. The van der Waals surface area contributed by atoms with Gasteiger partial charge in [0.1, 0.15) is 5.69 Å². The van der Waals surface area contributed by atoms with Crippen molar-refractivity contribution < 1.29 is 9.18 Å². The Morgan fingerprint density at radius 2 is 1.96 bits per heavy atom. The van der Waals surface area contributed by atoms with E-state index in [-0.39, 0.29) is 5.69 Å². The zero-order valence-electron chi connectivity index (χ0n) is 11.8. The maximum absolute atomic E-state index is 12.8. The van der Waals surface area contributed by atoms with Crippen LogP contribution in [-0.4, -0.2) is 25.3 Å². The van der Waals surface area contributed by atoms with E-state index in [4.69, 9.17) is 0 Å². The number of fused-ring (bicyclic) bond motifs is 3. The molecule has 1 aromatic carbocycles. The average molecular weight is 307 g/mol. The minimum Gasteiger partial charge on any atom is -0.319 e. The molecule has 4 rings (SSSR count). The lowest BCUT2D eigenvalue weighted by atomic mass is 10.3. The molecule has 3 heterocycles. The number of amides is 1. The minimum absolute atomic E-state index is 0.220. The monoisotopic (exact) mass is 307 g/mol. The molecule has 4 aromatic rings. The number of rotatable bonds is 2. The number of aromatic nitrogens is 4. The molecule has 6 nitrogen and oxygen atoms in total. The fourth-order valence-electron chi connectivity index (χ4n) is 2.32. The third-order valence-corrected chi connectivity index (χ3v) is 3.40. The van der Waals surface area contributed by atoms with E-state index in [9.17, 15) is 9.18 Å². The molecule has 0 atom stereocenters. The molecule has 23 heavy (non-hydrogen) atoms. The Hall–Kier alpha value is -3.35. The van der Waals surface area contributed by atoms with Crippen LogP contribution in [0.5, 0.6) is 0 Å². The van der Waals surface area contributed by atoms with Gasteiger partial charge in [-0.3, -0.25) is 9.20 Å². The highest BCUT2D eigenvalue weighted by molar-refractivity contribution is 6.03. The standard InChI is InChI=1S/C16H10FN5O/c17-14-6-5-10(9-18-14)19-15(23)12-7-8-22-13-4-2-1-3-11(13)20-16(22)21-12/h1-9H,(H,19,23). The summed E-state index contributed by atoms with van der Waals surface area (Å²) in [7, 11) is 0. The molecule has 0 radical (unpaired) electrons. The van der Waals surface area contributed by atoms with Crippen LogP contribution in [-0.2, 0) is 0 Å². The van der Waals surface area contributed by atoms with Gasteiger partial charge in [0, 0.05) is 6.20 Å². The Bertz CT molecular complexity index is 1030. The summed E-state index contributed by atoms with van der Waals surface area (Å²) in [5.41, 5.74) is 2.34. The van der Waals surface area contributed by atoms with Crippen molar-refractivity contribution in [3.63, 3.8) is 0 Å². The van der Waals surface area contributed by atoms with Crippen LogP contribution in [0, 0.1) is 5.95 Å². The number of nitrogens with one attached hydrogen (secondary N) is 1. The number of carbonyl (C=O) groups is 1. The third-order valence-electron chi connectivity index (χ3n) is 3.40. The van der Waals surface area contributed by atoms with Crippen LogP contribution in [0.2, 0.25) is 0 Å². The molecule has 0 fully saturated rings. The summed E-state index contributed by atoms with van der Waals surface area (Å²) in [5, 5.41) is 2.62. The molecule has 1 N–H and O–H groups in total. The van der Waals surface area contributed by atoms with Crippen molar-refractivity contribution in [2.24, 2.45) is 0 Å². The lowest BCUT2D eigenvalue weighted by molar-refractivity contribution is 0.102. The zero-order chi connectivity index (χ0) is 15.8. The first-order valence-electron chi connectivity index (χ1n) is 6.87. The number of pyridine rings is 1. The van der Waals surface area contributed by atoms with E-state index in [1.807, 2.05) is 28.7 Å². The molecule has 0 aliphatic heterocycles. The Labute approximate surface area is 129 Å². The quantitative estimate of drug-likeness (QED) is 0.578. The van der Waals surface area contributed by atoms with Gasteiger partial charge in [-0.25, -0.2) is 15.0 Å². The average Bonchev–Trinajstić information content (AvgIpc) is 2.94. The Morgan fingerprint density at radius 1 is 1.09 bits per heavy atom. The summed E-state index contributed by atoms with van der Waals surface area (Å²) in [6.07, 6.45) is 2.99. The molecule has 0 saturated carbocycles. The van der Waals surface area contributed by atoms with Crippen LogP contribution in [0.25, 0.3) is 16.8 Å². The van der Waals surface area contributed by atoms with Crippen molar-refractivity contribution in [3.8, 4) is 0 Å². The Balaban J connectivity index is 1.69.